The Morgan fingerprint density at radius 2 is 1.67 bits per heavy atom. The molecule has 0 spiro atoms. The average molecular weight is 363 g/mol. The molecule has 0 unspecified atom stereocenters. The number of benzene rings is 2. The van der Waals surface area contributed by atoms with Crippen LogP contribution < -0.4 is 15.6 Å². The first kappa shape index (κ1) is 18.4. The Labute approximate surface area is 157 Å². The Morgan fingerprint density at radius 1 is 1.04 bits per heavy atom. The third kappa shape index (κ3) is 3.74. The summed E-state index contributed by atoms with van der Waals surface area (Å²) in [6, 6.07) is 14.2. The lowest BCUT2D eigenvalue weighted by Gasteiger charge is -2.14. The van der Waals surface area contributed by atoms with Gasteiger partial charge in [-0.3, -0.25) is 9.59 Å². The van der Waals surface area contributed by atoms with Crippen LogP contribution in [0.3, 0.4) is 0 Å². The fraction of sp³-hybridized carbons (Fsp3) is 0.190. The molecule has 0 fully saturated rings. The number of carbonyl (C=O) groups is 1. The molecule has 0 saturated heterocycles. The zero-order valence-corrected chi connectivity index (χ0v) is 15.7. The number of hydrogen-bond donors (Lipinski definition) is 1. The van der Waals surface area contributed by atoms with E-state index in [2.05, 4.69) is 10.4 Å². The minimum atomic E-state index is -0.438. The fourth-order valence-electron chi connectivity index (χ4n) is 3.06. The van der Waals surface area contributed by atoms with Crippen LogP contribution in [0.1, 0.15) is 27.2 Å². The maximum absolute atomic E-state index is 12.9. The van der Waals surface area contributed by atoms with Crippen LogP contribution >= 0.6 is 0 Å². The Kier molecular flexibility index (Phi) is 5.07. The van der Waals surface area contributed by atoms with Gasteiger partial charge in [-0.15, -0.1) is 0 Å². The second-order valence-electron chi connectivity index (χ2n) is 6.37. The number of para-hydroxylation sites is 1. The Hall–Kier alpha value is -3.41. The van der Waals surface area contributed by atoms with Gasteiger partial charge in [-0.2, -0.15) is 9.78 Å². The molecule has 0 atom stereocenters. The highest BCUT2D eigenvalue weighted by Crippen LogP contribution is 2.24. The van der Waals surface area contributed by atoms with E-state index in [4.69, 9.17) is 4.74 Å². The van der Waals surface area contributed by atoms with E-state index >= 15 is 0 Å². The van der Waals surface area contributed by atoms with E-state index in [1.54, 1.807) is 24.3 Å². The zero-order valence-electron chi connectivity index (χ0n) is 15.7. The number of aromatic nitrogens is 2. The van der Waals surface area contributed by atoms with Crippen LogP contribution in [0, 0.1) is 20.8 Å². The topological polar surface area (TPSA) is 73.2 Å². The molecule has 3 rings (SSSR count). The average Bonchev–Trinajstić information content (AvgIpc) is 2.64. The molecule has 1 heterocycles. The molecule has 1 N–H and O–H groups in total. The summed E-state index contributed by atoms with van der Waals surface area (Å²) >= 11 is 0. The van der Waals surface area contributed by atoms with Crippen molar-refractivity contribution in [3.05, 3.63) is 81.3 Å². The van der Waals surface area contributed by atoms with Gasteiger partial charge in [0.1, 0.15) is 0 Å². The van der Waals surface area contributed by atoms with E-state index in [1.807, 2.05) is 39.0 Å². The monoisotopic (exact) mass is 363 g/mol. The minimum absolute atomic E-state index is 0.0420. The van der Waals surface area contributed by atoms with Gasteiger partial charge in [-0.05, 0) is 44.0 Å². The van der Waals surface area contributed by atoms with Crippen LogP contribution in [0.4, 0.5) is 5.69 Å². The highest BCUT2D eigenvalue weighted by Gasteiger charge is 2.19. The quantitative estimate of drug-likeness (QED) is 0.771. The van der Waals surface area contributed by atoms with E-state index in [0.717, 1.165) is 22.4 Å². The molecule has 3 aromatic rings. The lowest BCUT2D eigenvalue weighted by Crippen LogP contribution is -2.26. The number of anilines is 1. The molecule has 0 saturated carbocycles. The van der Waals surface area contributed by atoms with E-state index in [0.29, 0.717) is 5.69 Å². The van der Waals surface area contributed by atoms with Crippen LogP contribution in [0.2, 0.25) is 0 Å². The SMILES string of the molecule is COc1cc(=O)n(-c2ccccc2)nc1C(=O)Nc1c(C)cc(C)cc1C. The number of nitrogens with zero attached hydrogens (tertiary/aromatic N) is 2. The first-order chi connectivity index (χ1) is 12.9. The number of carbonyl (C=O) groups excluding carboxylic acids is 1. The summed E-state index contributed by atoms with van der Waals surface area (Å²) in [5, 5.41) is 7.15. The first-order valence-electron chi connectivity index (χ1n) is 8.53. The predicted octanol–water partition coefficient (Wildman–Crippen LogP) is 3.42. The molecule has 1 amide bonds. The fourth-order valence-corrected chi connectivity index (χ4v) is 3.06. The number of nitrogens with one attached hydrogen (secondary N) is 1. The van der Waals surface area contributed by atoms with Gasteiger partial charge in [0.2, 0.25) is 0 Å². The van der Waals surface area contributed by atoms with Crippen molar-refractivity contribution in [2.75, 3.05) is 12.4 Å². The molecule has 0 bridgehead atoms. The van der Waals surface area contributed by atoms with E-state index in [9.17, 15) is 9.59 Å². The number of amides is 1. The van der Waals surface area contributed by atoms with Crippen molar-refractivity contribution >= 4 is 11.6 Å². The smallest absolute Gasteiger partial charge is 0.280 e. The van der Waals surface area contributed by atoms with Crippen LogP contribution in [0.15, 0.2) is 53.3 Å². The van der Waals surface area contributed by atoms with Crippen LogP contribution in [0.25, 0.3) is 5.69 Å². The molecule has 138 valence electrons. The van der Waals surface area contributed by atoms with Gasteiger partial charge in [0, 0.05) is 5.69 Å². The third-order valence-electron chi connectivity index (χ3n) is 4.25. The molecule has 1 aromatic heterocycles. The second kappa shape index (κ2) is 7.45. The van der Waals surface area contributed by atoms with Crippen LogP contribution in [-0.2, 0) is 0 Å². The summed E-state index contributed by atoms with van der Waals surface area (Å²) in [6.45, 7) is 5.88. The molecule has 0 aliphatic rings. The molecular formula is C21H21N3O3. The van der Waals surface area contributed by atoms with Crippen molar-refractivity contribution in [3.8, 4) is 11.4 Å². The van der Waals surface area contributed by atoms with Gasteiger partial charge in [-0.1, -0.05) is 35.9 Å². The second-order valence-corrected chi connectivity index (χ2v) is 6.37. The van der Waals surface area contributed by atoms with Crippen molar-refractivity contribution < 1.29 is 9.53 Å². The molecule has 0 radical (unpaired) electrons. The van der Waals surface area contributed by atoms with Crippen molar-refractivity contribution in [3.63, 3.8) is 0 Å². The molecular weight excluding hydrogens is 342 g/mol. The minimum Gasteiger partial charge on any atom is -0.494 e. The lowest BCUT2D eigenvalue weighted by atomic mass is 10.0. The molecule has 2 aromatic carbocycles. The van der Waals surface area contributed by atoms with Gasteiger partial charge >= 0.3 is 0 Å². The highest BCUT2D eigenvalue weighted by atomic mass is 16.5. The normalized spacial score (nSPS) is 10.5. The standard InChI is InChI=1S/C21H21N3O3/c1-13-10-14(2)19(15(3)11-13)22-21(26)20-17(27-4)12-18(25)24(23-20)16-8-6-5-7-9-16/h5-12H,1-4H3,(H,22,26). The Bertz CT molecular complexity index is 1030. The van der Waals surface area contributed by atoms with Gasteiger partial charge < -0.3 is 10.1 Å². The van der Waals surface area contributed by atoms with E-state index in [1.165, 1.54) is 17.9 Å². The summed E-state index contributed by atoms with van der Waals surface area (Å²) in [5.41, 5.74) is 4.00. The van der Waals surface area contributed by atoms with E-state index < -0.39 is 5.91 Å². The summed E-state index contributed by atoms with van der Waals surface area (Å²) in [4.78, 5) is 25.3. The van der Waals surface area contributed by atoms with Crippen molar-refractivity contribution in [1.29, 1.82) is 0 Å². The Balaban J connectivity index is 2.05. The molecule has 6 nitrogen and oxygen atoms in total. The maximum Gasteiger partial charge on any atom is 0.280 e. The summed E-state index contributed by atoms with van der Waals surface area (Å²) in [5.74, 6) is -0.307. The van der Waals surface area contributed by atoms with Gasteiger partial charge in [0.15, 0.2) is 11.4 Å². The van der Waals surface area contributed by atoms with Crippen molar-refractivity contribution in [2.24, 2.45) is 0 Å². The predicted molar refractivity (Wildman–Crippen MR) is 105 cm³/mol. The molecule has 0 aliphatic heterocycles. The van der Waals surface area contributed by atoms with Gasteiger partial charge in [-0.25, -0.2) is 0 Å². The number of aryl methyl sites for hydroxylation is 3. The van der Waals surface area contributed by atoms with Gasteiger partial charge in [0.25, 0.3) is 11.5 Å². The van der Waals surface area contributed by atoms with E-state index in [-0.39, 0.29) is 17.0 Å². The summed E-state index contributed by atoms with van der Waals surface area (Å²) < 4.78 is 6.41. The van der Waals surface area contributed by atoms with Crippen LogP contribution in [-0.4, -0.2) is 22.8 Å². The molecule has 0 aliphatic carbocycles. The number of hydrogen-bond acceptors (Lipinski definition) is 4. The maximum atomic E-state index is 12.9. The first-order valence-corrected chi connectivity index (χ1v) is 8.53. The highest BCUT2D eigenvalue weighted by molar-refractivity contribution is 6.05. The number of ether oxygens (including phenoxy) is 1. The molecule has 6 heteroatoms. The Morgan fingerprint density at radius 3 is 2.26 bits per heavy atom. The largest absolute Gasteiger partial charge is 0.494 e. The van der Waals surface area contributed by atoms with Crippen molar-refractivity contribution in [1.82, 2.24) is 9.78 Å². The molecule has 27 heavy (non-hydrogen) atoms. The van der Waals surface area contributed by atoms with Crippen molar-refractivity contribution in [2.45, 2.75) is 20.8 Å². The van der Waals surface area contributed by atoms with Crippen LogP contribution in [0.5, 0.6) is 5.75 Å². The summed E-state index contributed by atoms with van der Waals surface area (Å²) in [6.07, 6.45) is 0. The number of rotatable bonds is 4. The number of methoxy groups -OCH3 is 1. The third-order valence-corrected chi connectivity index (χ3v) is 4.25. The lowest BCUT2D eigenvalue weighted by molar-refractivity contribution is 0.101. The zero-order chi connectivity index (χ0) is 19.6. The van der Waals surface area contributed by atoms with Gasteiger partial charge in [0.05, 0.1) is 18.9 Å². The summed E-state index contributed by atoms with van der Waals surface area (Å²) in [7, 11) is 1.41.